The van der Waals surface area contributed by atoms with Gasteiger partial charge in [-0.1, -0.05) is 11.6 Å². The number of fused-ring (bicyclic) bond motifs is 1. The van der Waals surface area contributed by atoms with Crippen molar-refractivity contribution in [1.29, 1.82) is 0 Å². The van der Waals surface area contributed by atoms with Crippen molar-refractivity contribution in [2.75, 3.05) is 18.8 Å². The smallest absolute Gasteiger partial charge is 0.266 e. The van der Waals surface area contributed by atoms with Gasteiger partial charge in [-0.25, -0.2) is 0 Å². The Morgan fingerprint density at radius 1 is 1.23 bits per heavy atom. The molecule has 4 rings (SSSR count). The second-order valence-electron chi connectivity index (χ2n) is 6.26. The zero-order valence-corrected chi connectivity index (χ0v) is 15.6. The summed E-state index contributed by atoms with van der Waals surface area (Å²) in [6, 6.07) is 11.1. The highest BCUT2D eigenvalue weighted by molar-refractivity contribution is 7.21. The van der Waals surface area contributed by atoms with Crippen molar-refractivity contribution in [2.45, 2.75) is 18.9 Å². The highest BCUT2D eigenvalue weighted by Crippen LogP contribution is 2.33. The molecule has 3 aromatic rings. The van der Waals surface area contributed by atoms with E-state index in [0.717, 1.165) is 23.3 Å². The second kappa shape index (κ2) is 7.13. The molecule has 1 saturated heterocycles. The molecule has 0 aliphatic carbocycles. The molecule has 7 heteroatoms. The largest absolute Gasteiger partial charge is 0.490 e. The van der Waals surface area contributed by atoms with E-state index in [2.05, 4.69) is 4.98 Å². The van der Waals surface area contributed by atoms with Crippen LogP contribution < -0.4 is 10.5 Å². The van der Waals surface area contributed by atoms with E-state index in [1.165, 1.54) is 11.3 Å². The minimum atomic E-state index is -0.0181. The highest BCUT2D eigenvalue weighted by Gasteiger charge is 2.27. The summed E-state index contributed by atoms with van der Waals surface area (Å²) in [5.41, 5.74) is 7.34. The summed E-state index contributed by atoms with van der Waals surface area (Å²) < 4.78 is 6.93. The molecule has 0 radical (unpaired) electrons. The van der Waals surface area contributed by atoms with E-state index in [-0.39, 0.29) is 12.0 Å². The first-order valence-electron chi connectivity index (χ1n) is 8.46. The predicted molar refractivity (Wildman–Crippen MR) is 105 cm³/mol. The van der Waals surface area contributed by atoms with Gasteiger partial charge in [-0.05, 0) is 36.4 Å². The number of nitrogens with two attached hydrogens (primary N) is 1. The zero-order valence-electron chi connectivity index (χ0n) is 14.0. The van der Waals surface area contributed by atoms with Crippen LogP contribution in [0.2, 0.25) is 5.02 Å². The summed E-state index contributed by atoms with van der Waals surface area (Å²) in [6.07, 6.45) is 3.37. The van der Waals surface area contributed by atoms with Gasteiger partial charge in [0.25, 0.3) is 5.91 Å². The van der Waals surface area contributed by atoms with Crippen molar-refractivity contribution in [1.82, 2.24) is 9.88 Å². The summed E-state index contributed by atoms with van der Waals surface area (Å²) in [4.78, 5) is 19.6. The van der Waals surface area contributed by atoms with Crippen LogP contribution in [0.25, 0.3) is 10.2 Å². The third kappa shape index (κ3) is 3.34. The standard InChI is InChI=1S/C19H18ClN3O2S/c20-12-3-5-13(6-4-12)25-14-7-10-23(11-8-14)19(24)18-16(21)17-15(26-18)2-1-9-22-17/h1-6,9,14H,7-8,10-11,21H2. The average Bonchev–Trinajstić information content (AvgIpc) is 3.01. The van der Waals surface area contributed by atoms with Gasteiger partial charge in [-0.15, -0.1) is 11.3 Å². The van der Waals surface area contributed by atoms with E-state index in [0.29, 0.717) is 34.2 Å². The first kappa shape index (κ1) is 17.1. The Kier molecular flexibility index (Phi) is 4.70. The molecule has 1 fully saturated rings. The number of carbonyl (C=O) groups is 1. The van der Waals surface area contributed by atoms with E-state index in [9.17, 15) is 4.79 Å². The number of nitrogens with zero attached hydrogens (tertiary/aromatic N) is 2. The molecule has 134 valence electrons. The maximum absolute atomic E-state index is 12.9. The molecule has 3 heterocycles. The molecule has 1 aliphatic heterocycles. The van der Waals surface area contributed by atoms with Crippen LogP contribution in [0.1, 0.15) is 22.5 Å². The number of aromatic nitrogens is 1. The van der Waals surface area contributed by atoms with E-state index >= 15 is 0 Å². The molecule has 1 aromatic carbocycles. The maximum atomic E-state index is 12.9. The lowest BCUT2D eigenvalue weighted by Gasteiger charge is -2.32. The number of thiophene rings is 1. The third-order valence-electron chi connectivity index (χ3n) is 4.52. The number of carbonyl (C=O) groups excluding carboxylic acids is 1. The number of anilines is 1. The predicted octanol–water partition coefficient (Wildman–Crippen LogP) is 4.22. The first-order valence-corrected chi connectivity index (χ1v) is 9.66. The first-order chi connectivity index (χ1) is 12.6. The molecule has 26 heavy (non-hydrogen) atoms. The number of hydrogen-bond acceptors (Lipinski definition) is 5. The topological polar surface area (TPSA) is 68.5 Å². The molecule has 2 N–H and O–H groups in total. The summed E-state index contributed by atoms with van der Waals surface area (Å²) in [6.45, 7) is 1.30. The number of benzene rings is 1. The van der Waals surface area contributed by atoms with Gasteiger partial charge in [0.05, 0.1) is 10.4 Å². The fraction of sp³-hybridized carbons (Fsp3) is 0.263. The summed E-state index contributed by atoms with van der Waals surface area (Å²) in [5, 5.41) is 0.688. The van der Waals surface area contributed by atoms with Crippen molar-refractivity contribution >= 4 is 44.7 Å². The SMILES string of the molecule is Nc1c(C(=O)N2CCC(Oc3ccc(Cl)cc3)CC2)sc2cccnc12. The summed E-state index contributed by atoms with van der Waals surface area (Å²) >= 11 is 7.30. The Morgan fingerprint density at radius 3 is 2.65 bits per heavy atom. The van der Waals surface area contributed by atoms with Gasteiger partial charge in [0, 0.05) is 37.2 Å². The van der Waals surface area contributed by atoms with Gasteiger partial charge in [0.2, 0.25) is 0 Å². The van der Waals surface area contributed by atoms with Gasteiger partial charge < -0.3 is 15.4 Å². The van der Waals surface area contributed by atoms with Crippen molar-refractivity contribution in [3.63, 3.8) is 0 Å². The van der Waals surface area contributed by atoms with Gasteiger partial charge in [0.1, 0.15) is 22.2 Å². The van der Waals surface area contributed by atoms with E-state index in [4.69, 9.17) is 22.1 Å². The molecule has 2 aromatic heterocycles. The van der Waals surface area contributed by atoms with E-state index < -0.39 is 0 Å². The molecule has 0 saturated carbocycles. The number of hydrogen-bond donors (Lipinski definition) is 1. The summed E-state index contributed by atoms with van der Waals surface area (Å²) in [7, 11) is 0. The summed E-state index contributed by atoms with van der Waals surface area (Å²) in [5.74, 6) is 0.787. The highest BCUT2D eigenvalue weighted by atomic mass is 35.5. The lowest BCUT2D eigenvalue weighted by atomic mass is 10.1. The van der Waals surface area contributed by atoms with Crippen LogP contribution in [0.15, 0.2) is 42.6 Å². The van der Waals surface area contributed by atoms with Crippen LogP contribution in [0.5, 0.6) is 5.75 Å². The molecule has 0 atom stereocenters. The number of ether oxygens (including phenoxy) is 1. The molecular formula is C19H18ClN3O2S. The van der Waals surface area contributed by atoms with Crippen LogP contribution in [0.3, 0.4) is 0 Å². The Morgan fingerprint density at radius 2 is 1.96 bits per heavy atom. The molecule has 0 bridgehead atoms. The number of rotatable bonds is 3. The quantitative estimate of drug-likeness (QED) is 0.730. The Labute approximate surface area is 160 Å². The van der Waals surface area contributed by atoms with Crippen molar-refractivity contribution < 1.29 is 9.53 Å². The fourth-order valence-electron chi connectivity index (χ4n) is 3.13. The maximum Gasteiger partial charge on any atom is 0.266 e. The Balaban J connectivity index is 1.41. The zero-order chi connectivity index (χ0) is 18.1. The van der Waals surface area contributed by atoms with E-state index in [1.54, 1.807) is 6.20 Å². The van der Waals surface area contributed by atoms with Crippen molar-refractivity contribution in [2.24, 2.45) is 0 Å². The molecular weight excluding hydrogens is 370 g/mol. The lowest BCUT2D eigenvalue weighted by Crippen LogP contribution is -2.41. The van der Waals surface area contributed by atoms with Crippen LogP contribution in [-0.2, 0) is 0 Å². The number of amides is 1. The van der Waals surface area contributed by atoms with Gasteiger partial charge in [-0.2, -0.15) is 0 Å². The number of nitrogen functional groups attached to an aromatic ring is 1. The van der Waals surface area contributed by atoms with Gasteiger partial charge >= 0.3 is 0 Å². The Bertz CT molecular complexity index is 934. The monoisotopic (exact) mass is 387 g/mol. The molecule has 1 aliphatic rings. The van der Waals surface area contributed by atoms with Crippen LogP contribution >= 0.6 is 22.9 Å². The number of pyridine rings is 1. The van der Waals surface area contributed by atoms with Crippen molar-refractivity contribution in [3.05, 3.63) is 52.5 Å². The average molecular weight is 388 g/mol. The minimum Gasteiger partial charge on any atom is -0.490 e. The minimum absolute atomic E-state index is 0.0181. The van der Waals surface area contributed by atoms with E-state index in [1.807, 2.05) is 41.3 Å². The Hall–Kier alpha value is -2.31. The molecule has 0 unspecified atom stereocenters. The van der Waals surface area contributed by atoms with Gasteiger partial charge in [0.15, 0.2) is 0 Å². The van der Waals surface area contributed by atoms with Crippen LogP contribution in [0, 0.1) is 0 Å². The normalized spacial score (nSPS) is 15.3. The molecule has 1 amide bonds. The second-order valence-corrected chi connectivity index (χ2v) is 7.75. The lowest BCUT2D eigenvalue weighted by molar-refractivity contribution is 0.0601. The third-order valence-corrected chi connectivity index (χ3v) is 5.92. The number of likely N-dealkylation sites (tertiary alicyclic amines) is 1. The number of piperidine rings is 1. The molecule has 0 spiro atoms. The number of halogens is 1. The van der Waals surface area contributed by atoms with Crippen LogP contribution in [0.4, 0.5) is 5.69 Å². The molecule has 5 nitrogen and oxygen atoms in total. The van der Waals surface area contributed by atoms with Crippen LogP contribution in [-0.4, -0.2) is 35.0 Å². The van der Waals surface area contributed by atoms with Crippen molar-refractivity contribution in [3.8, 4) is 5.75 Å². The van der Waals surface area contributed by atoms with Gasteiger partial charge in [-0.3, -0.25) is 9.78 Å². The fourth-order valence-corrected chi connectivity index (χ4v) is 4.31.